The van der Waals surface area contributed by atoms with Gasteiger partial charge < -0.3 is 19.8 Å². The molecule has 0 spiro atoms. The van der Waals surface area contributed by atoms with Crippen LogP contribution in [0.3, 0.4) is 0 Å². The summed E-state index contributed by atoms with van der Waals surface area (Å²) in [6, 6.07) is 7.46. The molecule has 102 valence electrons. The van der Waals surface area contributed by atoms with E-state index in [0.29, 0.717) is 12.2 Å². The van der Waals surface area contributed by atoms with Crippen LogP contribution in [0, 0.1) is 0 Å². The zero-order valence-corrected chi connectivity index (χ0v) is 11.2. The first kappa shape index (κ1) is 13.4. The number of hydrogen-bond acceptors (Lipinski definition) is 5. The average molecular weight is 262 g/mol. The highest BCUT2D eigenvalue weighted by Crippen LogP contribution is 2.23. The second-order valence-corrected chi connectivity index (χ2v) is 4.11. The third-order valence-corrected chi connectivity index (χ3v) is 2.70. The molecule has 5 nitrogen and oxygen atoms in total. The number of benzene rings is 1. The number of carbonyl (C=O) groups is 1. The second-order valence-electron chi connectivity index (χ2n) is 4.11. The first-order valence-electron chi connectivity index (χ1n) is 6.33. The first-order chi connectivity index (χ1) is 9.24. The number of fused-ring (bicyclic) bond motifs is 1. The van der Waals surface area contributed by atoms with Gasteiger partial charge in [0, 0.05) is 30.2 Å². The number of ether oxygens (including phenoxy) is 1. The Labute approximate surface area is 111 Å². The molecule has 2 aromatic rings. The van der Waals surface area contributed by atoms with Gasteiger partial charge in [-0.05, 0) is 32.2 Å². The summed E-state index contributed by atoms with van der Waals surface area (Å²) >= 11 is 0. The molecule has 1 heterocycles. The highest BCUT2D eigenvalue weighted by molar-refractivity contribution is 5.93. The predicted octanol–water partition coefficient (Wildman–Crippen LogP) is 2.24. The maximum atomic E-state index is 11.6. The Morgan fingerprint density at radius 3 is 2.89 bits per heavy atom. The fourth-order valence-electron chi connectivity index (χ4n) is 1.78. The summed E-state index contributed by atoms with van der Waals surface area (Å²) in [4.78, 5) is 11.6. The summed E-state index contributed by atoms with van der Waals surface area (Å²) in [7, 11) is 1.91. The number of furan rings is 1. The first-order valence-corrected chi connectivity index (χ1v) is 6.33. The summed E-state index contributed by atoms with van der Waals surface area (Å²) in [5.41, 5.74) is 1.64. The lowest BCUT2D eigenvalue weighted by Crippen LogP contribution is -2.17. The van der Waals surface area contributed by atoms with Gasteiger partial charge in [-0.3, -0.25) is 0 Å². The molecule has 0 bridgehead atoms. The summed E-state index contributed by atoms with van der Waals surface area (Å²) in [6.07, 6.45) is 0. The minimum atomic E-state index is -0.427. The van der Waals surface area contributed by atoms with E-state index in [1.54, 1.807) is 13.0 Å². The van der Waals surface area contributed by atoms with Crippen molar-refractivity contribution in [1.29, 1.82) is 0 Å². The number of nitrogens with one attached hydrogen (secondary N) is 2. The van der Waals surface area contributed by atoms with Gasteiger partial charge in [0.15, 0.2) is 0 Å². The Morgan fingerprint density at radius 2 is 2.16 bits per heavy atom. The fraction of sp³-hybridized carbons (Fsp3) is 0.357. The lowest BCUT2D eigenvalue weighted by Gasteiger charge is -2.04. The smallest absolute Gasteiger partial charge is 0.374 e. The van der Waals surface area contributed by atoms with Gasteiger partial charge >= 0.3 is 5.97 Å². The molecule has 0 aliphatic carbocycles. The monoisotopic (exact) mass is 262 g/mol. The van der Waals surface area contributed by atoms with Crippen LogP contribution in [0.1, 0.15) is 17.5 Å². The van der Waals surface area contributed by atoms with Crippen LogP contribution in [0.15, 0.2) is 28.7 Å². The van der Waals surface area contributed by atoms with Gasteiger partial charge in [-0.15, -0.1) is 0 Å². The van der Waals surface area contributed by atoms with Gasteiger partial charge in [-0.25, -0.2) is 4.79 Å². The molecule has 1 aromatic heterocycles. The van der Waals surface area contributed by atoms with E-state index in [1.165, 1.54) is 0 Å². The van der Waals surface area contributed by atoms with E-state index in [9.17, 15) is 4.79 Å². The van der Waals surface area contributed by atoms with Crippen LogP contribution in [0.5, 0.6) is 0 Å². The minimum Gasteiger partial charge on any atom is -0.460 e. The molecule has 2 N–H and O–H groups in total. The average Bonchev–Trinajstić information content (AvgIpc) is 2.82. The Bertz CT molecular complexity index is 563. The number of hydrogen-bond donors (Lipinski definition) is 2. The maximum Gasteiger partial charge on any atom is 0.374 e. The van der Waals surface area contributed by atoms with Crippen LogP contribution in [0.4, 0.5) is 5.69 Å². The molecule has 0 aliphatic heterocycles. The molecule has 5 heteroatoms. The van der Waals surface area contributed by atoms with E-state index in [4.69, 9.17) is 9.15 Å². The van der Waals surface area contributed by atoms with E-state index in [2.05, 4.69) is 10.6 Å². The standard InChI is InChI=1S/C14H18N2O3/c1-3-18-14(17)13-8-10-4-5-11(9-12(10)19-13)16-7-6-15-2/h4-5,8-9,15-16H,3,6-7H2,1-2H3. The number of anilines is 1. The molecule has 0 amide bonds. The molecule has 0 saturated heterocycles. The molecule has 19 heavy (non-hydrogen) atoms. The summed E-state index contributed by atoms with van der Waals surface area (Å²) in [5.74, 6) is -0.187. The van der Waals surface area contributed by atoms with Crippen LogP contribution in [0.25, 0.3) is 11.0 Å². The molecule has 0 saturated carbocycles. The Kier molecular flexibility index (Phi) is 4.41. The van der Waals surface area contributed by atoms with E-state index < -0.39 is 5.97 Å². The van der Waals surface area contributed by atoms with E-state index in [1.807, 2.05) is 25.2 Å². The topological polar surface area (TPSA) is 63.5 Å². The summed E-state index contributed by atoms with van der Waals surface area (Å²) in [5, 5.41) is 7.21. The lowest BCUT2D eigenvalue weighted by molar-refractivity contribution is 0.0492. The highest BCUT2D eigenvalue weighted by atomic mass is 16.5. The number of esters is 1. The number of carbonyl (C=O) groups excluding carboxylic acids is 1. The molecular weight excluding hydrogens is 244 g/mol. The van der Waals surface area contributed by atoms with Crippen molar-refractivity contribution in [1.82, 2.24) is 5.32 Å². The van der Waals surface area contributed by atoms with Crippen molar-refractivity contribution < 1.29 is 13.9 Å². The molecular formula is C14H18N2O3. The fourth-order valence-corrected chi connectivity index (χ4v) is 1.78. The van der Waals surface area contributed by atoms with Gasteiger partial charge in [0.1, 0.15) is 5.58 Å². The van der Waals surface area contributed by atoms with Gasteiger partial charge in [-0.1, -0.05) is 0 Å². The van der Waals surface area contributed by atoms with Crippen molar-refractivity contribution in [2.75, 3.05) is 32.1 Å². The van der Waals surface area contributed by atoms with Crippen LogP contribution in [-0.4, -0.2) is 32.7 Å². The van der Waals surface area contributed by atoms with Crippen molar-refractivity contribution >= 4 is 22.6 Å². The third kappa shape index (κ3) is 3.26. The Hall–Kier alpha value is -2.01. The quantitative estimate of drug-likeness (QED) is 0.617. The van der Waals surface area contributed by atoms with Gasteiger partial charge in [-0.2, -0.15) is 0 Å². The van der Waals surface area contributed by atoms with E-state index in [0.717, 1.165) is 24.2 Å². The molecule has 0 aliphatic rings. The molecule has 0 fully saturated rings. The minimum absolute atomic E-state index is 0.240. The SMILES string of the molecule is CCOC(=O)c1cc2ccc(NCCNC)cc2o1. The molecule has 1 aromatic carbocycles. The normalized spacial score (nSPS) is 10.6. The van der Waals surface area contributed by atoms with Crippen LogP contribution in [0.2, 0.25) is 0 Å². The zero-order valence-electron chi connectivity index (χ0n) is 11.2. The van der Waals surface area contributed by atoms with Crippen LogP contribution in [-0.2, 0) is 4.74 Å². The van der Waals surface area contributed by atoms with Gasteiger partial charge in [0.05, 0.1) is 6.61 Å². The second kappa shape index (κ2) is 6.24. The Balaban J connectivity index is 2.16. The van der Waals surface area contributed by atoms with Crippen molar-refractivity contribution in [2.45, 2.75) is 6.92 Å². The molecule has 0 atom stereocenters. The van der Waals surface area contributed by atoms with Crippen molar-refractivity contribution in [3.05, 3.63) is 30.0 Å². The molecule has 0 radical (unpaired) electrons. The molecule has 0 unspecified atom stereocenters. The summed E-state index contributed by atoms with van der Waals surface area (Å²) < 4.78 is 10.4. The zero-order chi connectivity index (χ0) is 13.7. The third-order valence-electron chi connectivity index (χ3n) is 2.70. The van der Waals surface area contributed by atoms with Crippen molar-refractivity contribution in [2.24, 2.45) is 0 Å². The van der Waals surface area contributed by atoms with Crippen molar-refractivity contribution in [3.63, 3.8) is 0 Å². The van der Waals surface area contributed by atoms with Crippen molar-refractivity contribution in [3.8, 4) is 0 Å². The highest BCUT2D eigenvalue weighted by Gasteiger charge is 2.13. The van der Waals surface area contributed by atoms with E-state index >= 15 is 0 Å². The predicted molar refractivity (Wildman–Crippen MR) is 74.6 cm³/mol. The number of rotatable bonds is 6. The molecule has 2 rings (SSSR count). The Morgan fingerprint density at radius 1 is 1.32 bits per heavy atom. The van der Waals surface area contributed by atoms with Crippen LogP contribution >= 0.6 is 0 Å². The van der Waals surface area contributed by atoms with E-state index in [-0.39, 0.29) is 5.76 Å². The van der Waals surface area contributed by atoms with Gasteiger partial charge in [0.25, 0.3) is 0 Å². The van der Waals surface area contributed by atoms with Gasteiger partial charge in [0.2, 0.25) is 5.76 Å². The maximum absolute atomic E-state index is 11.6. The largest absolute Gasteiger partial charge is 0.460 e. The lowest BCUT2D eigenvalue weighted by atomic mass is 10.2. The number of likely N-dealkylation sites (N-methyl/N-ethyl adjacent to an activating group) is 1. The van der Waals surface area contributed by atoms with Crippen LogP contribution < -0.4 is 10.6 Å². The summed E-state index contributed by atoms with van der Waals surface area (Å²) in [6.45, 7) is 3.81.